The molecule has 0 spiro atoms. The molecule has 0 bridgehead atoms. The fourth-order valence-electron chi connectivity index (χ4n) is 1.84. The Hall–Kier alpha value is -1.09. The van der Waals surface area contributed by atoms with Crippen LogP contribution in [-0.4, -0.2) is 7.11 Å². The van der Waals surface area contributed by atoms with Crippen molar-refractivity contribution >= 4 is 0 Å². The van der Waals surface area contributed by atoms with E-state index in [9.17, 15) is 4.39 Å². The lowest BCUT2D eigenvalue weighted by molar-refractivity contribution is 0.383. The Morgan fingerprint density at radius 3 is 3.00 bits per heavy atom. The second-order valence-electron chi connectivity index (χ2n) is 3.30. The predicted molar refractivity (Wildman–Crippen MR) is 48.2 cm³/mol. The molecule has 1 aliphatic carbocycles. The summed E-state index contributed by atoms with van der Waals surface area (Å²) in [5.74, 6) is 0.00102. The van der Waals surface area contributed by atoms with Gasteiger partial charge in [0.15, 0.2) is 11.6 Å². The predicted octanol–water partition coefficient (Wildman–Crippen LogP) is 1.78. The number of benzene rings is 1. The number of fused-ring (bicyclic) bond motifs is 1. The van der Waals surface area contributed by atoms with Gasteiger partial charge in [-0.3, -0.25) is 0 Å². The van der Waals surface area contributed by atoms with Crippen LogP contribution in [0.15, 0.2) is 12.1 Å². The van der Waals surface area contributed by atoms with Crippen molar-refractivity contribution in [3.05, 3.63) is 29.1 Å². The number of nitrogens with two attached hydrogens (primary N) is 1. The van der Waals surface area contributed by atoms with E-state index >= 15 is 0 Å². The highest BCUT2D eigenvalue weighted by Crippen LogP contribution is 2.35. The third kappa shape index (κ3) is 1.20. The molecule has 1 aromatic carbocycles. The van der Waals surface area contributed by atoms with Crippen molar-refractivity contribution in [2.75, 3.05) is 7.11 Å². The molecule has 70 valence electrons. The van der Waals surface area contributed by atoms with Gasteiger partial charge < -0.3 is 10.5 Å². The summed E-state index contributed by atoms with van der Waals surface area (Å²) in [5, 5.41) is 0. The first-order valence-corrected chi connectivity index (χ1v) is 4.35. The summed E-state index contributed by atoms with van der Waals surface area (Å²) in [7, 11) is 1.46. The normalized spacial score (nSPS) is 20.1. The highest BCUT2D eigenvalue weighted by molar-refractivity contribution is 5.42. The van der Waals surface area contributed by atoms with Crippen LogP contribution >= 0.6 is 0 Å². The molecule has 0 saturated carbocycles. The van der Waals surface area contributed by atoms with Crippen molar-refractivity contribution in [2.24, 2.45) is 5.73 Å². The summed E-state index contributed by atoms with van der Waals surface area (Å²) in [6.45, 7) is 0. The quantitative estimate of drug-likeness (QED) is 0.716. The van der Waals surface area contributed by atoms with E-state index in [0.717, 1.165) is 18.4 Å². The summed E-state index contributed by atoms with van der Waals surface area (Å²) in [6, 6.07) is 3.39. The van der Waals surface area contributed by atoms with Crippen LogP contribution in [0.5, 0.6) is 5.75 Å². The van der Waals surface area contributed by atoms with Crippen molar-refractivity contribution in [3.8, 4) is 5.75 Å². The SMILES string of the molecule is COc1ccc2c(c1F)[C@@H](N)CC2. The first-order chi connectivity index (χ1) is 6.24. The number of hydrogen-bond donors (Lipinski definition) is 1. The fraction of sp³-hybridized carbons (Fsp3) is 0.400. The van der Waals surface area contributed by atoms with Gasteiger partial charge in [0, 0.05) is 11.6 Å². The average Bonchev–Trinajstić information content (AvgIpc) is 2.49. The van der Waals surface area contributed by atoms with E-state index in [4.69, 9.17) is 10.5 Å². The standard InChI is InChI=1S/C10H12FNO/c1-13-8-5-3-6-2-4-7(12)9(6)10(8)11/h3,5,7H,2,4,12H2,1H3/t7-/m0/s1. The molecule has 1 aliphatic rings. The molecule has 2 nitrogen and oxygen atoms in total. The maximum Gasteiger partial charge on any atom is 0.170 e. The first-order valence-electron chi connectivity index (χ1n) is 4.35. The molecule has 0 saturated heterocycles. The third-order valence-corrected chi connectivity index (χ3v) is 2.55. The van der Waals surface area contributed by atoms with Gasteiger partial charge in [-0.25, -0.2) is 4.39 Å². The van der Waals surface area contributed by atoms with Gasteiger partial charge in [-0.1, -0.05) is 6.07 Å². The number of rotatable bonds is 1. The molecule has 3 heteroatoms. The zero-order valence-corrected chi connectivity index (χ0v) is 7.51. The monoisotopic (exact) mass is 181 g/mol. The summed E-state index contributed by atoms with van der Waals surface area (Å²) in [5.41, 5.74) is 7.43. The molecule has 0 fully saturated rings. The van der Waals surface area contributed by atoms with Crippen LogP contribution < -0.4 is 10.5 Å². The molecule has 2 N–H and O–H groups in total. The van der Waals surface area contributed by atoms with Crippen LogP contribution in [0.3, 0.4) is 0 Å². The lowest BCUT2D eigenvalue weighted by Crippen LogP contribution is -2.08. The van der Waals surface area contributed by atoms with E-state index in [1.165, 1.54) is 7.11 Å². The van der Waals surface area contributed by atoms with E-state index in [1.807, 2.05) is 6.07 Å². The topological polar surface area (TPSA) is 35.2 Å². The van der Waals surface area contributed by atoms with E-state index in [-0.39, 0.29) is 17.6 Å². The van der Waals surface area contributed by atoms with Crippen LogP contribution in [0.25, 0.3) is 0 Å². The molecule has 1 aromatic rings. The Morgan fingerprint density at radius 2 is 2.31 bits per heavy atom. The van der Waals surface area contributed by atoms with Crippen molar-refractivity contribution in [2.45, 2.75) is 18.9 Å². The summed E-state index contributed by atoms with van der Waals surface area (Å²) >= 11 is 0. The molecular formula is C10H12FNO. The molecule has 0 amide bonds. The van der Waals surface area contributed by atoms with E-state index in [2.05, 4.69) is 0 Å². The number of hydrogen-bond acceptors (Lipinski definition) is 2. The summed E-state index contributed by atoms with van der Waals surface area (Å²) in [6.07, 6.45) is 1.71. The van der Waals surface area contributed by atoms with Gasteiger partial charge in [0.1, 0.15) is 0 Å². The van der Waals surface area contributed by atoms with E-state index in [0.29, 0.717) is 5.56 Å². The van der Waals surface area contributed by atoms with Crippen LogP contribution in [-0.2, 0) is 6.42 Å². The average molecular weight is 181 g/mol. The number of ether oxygens (including phenoxy) is 1. The lowest BCUT2D eigenvalue weighted by Gasteiger charge is -2.09. The molecule has 0 aromatic heterocycles. The fourth-order valence-corrected chi connectivity index (χ4v) is 1.84. The maximum absolute atomic E-state index is 13.6. The lowest BCUT2D eigenvalue weighted by atomic mass is 10.1. The zero-order valence-electron chi connectivity index (χ0n) is 7.51. The van der Waals surface area contributed by atoms with Crippen molar-refractivity contribution in [1.29, 1.82) is 0 Å². The third-order valence-electron chi connectivity index (χ3n) is 2.55. The van der Waals surface area contributed by atoms with Gasteiger partial charge in [0.25, 0.3) is 0 Å². The van der Waals surface area contributed by atoms with Gasteiger partial charge in [-0.05, 0) is 24.5 Å². The van der Waals surface area contributed by atoms with Crippen LogP contribution in [0.4, 0.5) is 4.39 Å². The van der Waals surface area contributed by atoms with Crippen LogP contribution in [0.1, 0.15) is 23.6 Å². The summed E-state index contributed by atoms with van der Waals surface area (Å²) < 4.78 is 18.5. The van der Waals surface area contributed by atoms with Gasteiger partial charge in [0.2, 0.25) is 0 Å². The molecular weight excluding hydrogens is 169 g/mol. The minimum Gasteiger partial charge on any atom is -0.494 e. The second-order valence-corrected chi connectivity index (χ2v) is 3.30. The molecule has 0 aliphatic heterocycles. The maximum atomic E-state index is 13.6. The minimum atomic E-state index is -0.287. The molecule has 13 heavy (non-hydrogen) atoms. The minimum absolute atomic E-state index is 0.162. The van der Waals surface area contributed by atoms with Crippen LogP contribution in [0.2, 0.25) is 0 Å². The number of halogens is 1. The Labute approximate surface area is 76.5 Å². The number of methoxy groups -OCH3 is 1. The second kappa shape index (κ2) is 3.00. The Bertz CT molecular complexity index is 338. The molecule has 0 radical (unpaired) electrons. The Kier molecular flexibility index (Phi) is 1.96. The molecule has 2 rings (SSSR count). The number of aryl methyl sites for hydroxylation is 1. The largest absolute Gasteiger partial charge is 0.494 e. The highest BCUT2D eigenvalue weighted by Gasteiger charge is 2.24. The van der Waals surface area contributed by atoms with Crippen molar-refractivity contribution in [3.63, 3.8) is 0 Å². The Morgan fingerprint density at radius 1 is 1.54 bits per heavy atom. The molecule has 0 heterocycles. The Balaban J connectivity index is 2.56. The molecule has 0 unspecified atom stereocenters. The smallest absolute Gasteiger partial charge is 0.170 e. The first kappa shape index (κ1) is 8.51. The van der Waals surface area contributed by atoms with Crippen molar-refractivity contribution < 1.29 is 9.13 Å². The van der Waals surface area contributed by atoms with E-state index < -0.39 is 0 Å². The zero-order chi connectivity index (χ0) is 9.42. The van der Waals surface area contributed by atoms with Gasteiger partial charge in [-0.2, -0.15) is 0 Å². The van der Waals surface area contributed by atoms with Gasteiger partial charge >= 0.3 is 0 Å². The highest BCUT2D eigenvalue weighted by atomic mass is 19.1. The van der Waals surface area contributed by atoms with Crippen molar-refractivity contribution in [1.82, 2.24) is 0 Å². The van der Waals surface area contributed by atoms with Gasteiger partial charge in [-0.15, -0.1) is 0 Å². The van der Waals surface area contributed by atoms with Crippen LogP contribution in [0, 0.1) is 5.82 Å². The van der Waals surface area contributed by atoms with Gasteiger partial charge in [0.05, 0.1) is 7.11 Å². The summed E-state index contributed by atoms with van der Waals surface area (Å²) in [4.78, 5) is 0. The van der Waals surface area contributed by atoms with E-state index in [1.54, 1.807) is 6.07 Å². The molecule has 1 atom stereocenters.